The number of nitrogens with zero attached hydrogens (tertiary/aromatic N) is 3. The third-order valence-electron chi connectivity index (χ3n) is 2.76. The number of hydrogen-bond donors (Lipinski definition) is 2. The lowest BCUT2D eigenvalue weighted by molar-refractivity contribution is 0.0927. The monoisotopic (exact) mass is 225 g/mol. The Bertz CT molecular complexity index is 312. The summed E-state index contributed by atoms with van der Waals surface area (Å²) in [7, 11) is 0. The number of amides is 1. The lowest BCUT2D eigenvalue weighted by Crippen LogP contribution is -2.34. The predicted molar refractivity (Wildman–Crippen MR) is 59.7 cm³/mol. The summed E-state index contributed by atoms with van der Waals surface area (Å²) in [4.78, 5) is 11.6. The highest BCUT2D eigenvalue weighted by atomic mass is 16.2. The maximum absolute atomic E-state index is 11.6. The van der Waals surface area contributed by atoms with Gasteiger partial charge >= 0.3 is 0 Å². The molecule has 90 valence electrons. The number of carbonyl (C=O) groups excluding carboxylic acids is 1. The summed E-state index contributed by atoms with van der Waals surface area (Å²) >= 11 is 0. The summed E-state index contributed by atoms with van der Waals surface area (Å²) in [5.74, 6) is 1.33. The van der Waals surface area contributed by atoms with Gasteiger partial charge in [-0.15, -0.1) is 10.2 Å². The van der Waals surface area contributed by atoms with Gasteiger partial charge in [-0.3, -0.25) is 4.79 Å². The Morgan fingerprint density at radius 3 is 2.38 bits per heavy atom. The molecule has 0 aliphatic rings. The molecule has 0 radical (unpaired) electrons. The third kappa shape index (κ3) is 3.29. The van der Waals surface area contributed by atoms with Gasteiger partial charge in [0.05, 0.1) is 0 Å². The van der Waals surface area contributed by atoms with Crippen molar-refractivity contribution in [2.45, 2.75) is 27.7 Å². The summed E-state index contributed by atoms with van der Waals surface area (Å²) in [5.41, 5.74) is 0. The van der Waals surface area contributed by atoms with Crippen LogP contribution in [0.15, 0.2) is 0 Å². The highest BCUT2D eigenvalue weighted by Gasteiger charge is 2.19. The van der Waals surface area contributed by atoms with E-state index < -0.39 is 0 Å². The lowest BCUT2D eigenvalue weighted by Gasteiger charge is -2.24. The Balaban J connectivity index is 2.47. The highest BCUT2D eigenvalue weighted by molar-refractivity contribution is 5.89. The molecule has 6 nitrogen and oxygen atoms in total. The van der Waals surface area contributed by atoms with Gasteiger partial charge in [-0.25, -0.2) is 0 Å². The lowest BCUT2D eigenvalue weighted by atomic mass is 9.85. The topological polar surface area (TPSA) is 83.6 Å². The number of tetrazole rings is 1. The SMILES string of the molecule is CC(C)C(CNC(=O)c1nn[nH]n1)C(C)C. The molecule has 0 unspecified atom stereocenters. The van der Waals surface area contributed by atoms with E-state index in [0.29, 0.717) is 24.3 Å². The second-order valence-corrected chi connectivity index (χ2v) is 4.60. The van der Waals surface area contributed by atoms with Crippen LogP contribution in [0.1, 0.15) is 38.3 Å². The van der Waals surface area contributed by atoms with E-state index in [0.717, 1.165) is 0 Å². The average molecular weight is 225 g/mol. The predicted octanol–water partition coefficient (Wildman–Crippen LogP) is 0.858. The molecule has 0 saturated carbocycles. The molecule has 0 aliphatic carbocycles. The molecule has 0 saturated heterocycles. The van der Waals surface area contributed by atoms with Crippen molar-refractivity contribution in [3.05, 3.63) is 5.82 Å². The fourth-order valence-corrected chi connectivity index (χ4v) is 1.79. The van der Waals surface area contributed by atoms with Crippen LogP contribution in [0, 0.1) is 17.8 Å². The summed E-state index contributed by atoms with van der Waals surface area (Å²) in [6.07, 6.45) is 0. The van der Waals surface area contributed by atoms with Crippen molar-refractivity contribution in [2.24, 2.45) is 17.8 Å². The van der Waals surface area contributed by atoms with Gasteiger partial charge in [0.2, 0.25) is 0 Å². The molecule has 1 aromatic rings. The summed E-state index contributed by atoms with van der Waals surface area (Å²) in [6.45, 7) is 9.27. The van der Waals surface area contributed by atoms with Gasteiger partial charge in [0.1, 0.15) is 0 Å². The van der Waals surface area contributed by atoms with E-state index in [4.69, 9.17) is 0 Å². The number of hydrogen-bond acceptors (Lipinski definition) is 4. The molecular weight excluding hydrogens is 206 g/mol. The van der Waals surface area contributed by atoms with Crippen molar-refractivity contribution in [1.29, 1.82) is 0 Å². The van der Waals surface area contributed by atoms with Crippen molar-refractivity contribution in [2.75, 3.05) is 6.54 Å². The van der Waals surface area contributed by atoms with E-state index in [2.05, 4.69) is 53.6 Å². The Labute approximate surface area is 95.2 Å². The van der Waals surface area contributed by atoms with Crippen LogP contribution < -0.4 is 5.32 Å². The van der Waals surface area contributed by atoms with Crippen LogP contribution in [0.5, 0.6) is 0 Å². The number of aromatic nitrogens is 4. The molecule has 2 N–H and O–H groups in total. The van der Waals surface area contributed by atoms with E-state index in [1.54, 1.807) is 0 Å². The standard InChI is InChI=1S/C10H19N5O/c1-6(2)8(7(3)4)5-11-10(16)9-12-14-15-13-9/h6-8H,5H2,1-4H3,(H,11,16)(H,12,13,14,15). The van der Waals surface area contributed by atoms with Crippen LogP contribution in [0.2, 0.25) is 0 Å². The molecule has 1 heterocycles. The second kappa shape index (κ2) is 5.58. The molecule has 0 aliphatic heterocycles. The van der Waals surface area contributed by atoms with E-state index in [9.17, 15) is 4.79 Å². The van der Waals surface area contributed by atoms with Crippen LogP contribution in [0.4, 0.5) is 0 Å². The second-order valence-electron chi connectivity index (χ2n) is 4.60. The summed E-state index contributed by atoms with van der Waals surface area (Å²) in [5, 5.41) is 15.7. The molecule has 6 heteroatoms. The molecule has 0 spiro atoms. The van der Waals surface area contributed by atoms with Gasteiger partial charge in [0, 0.05) is 6.54 Å². The average Bonchev–Trinajstić information content (AvgIpc) is 2.69. The fourth-order valence-electron chi connectivity index (χ4n) is 1.79. The first kappa shape index (κ1) is 12.6. The normalized spacial score (nSPS) is 11.4. The van der Waals surface area contributed by atoms with Crippen LogP contribution in [0.3, 0.4) is 0 Å². The molecular formula is C10H19N5O. The first-order chi connectivity index (χ1) is 7.52. The van der Waals surface area contributed by atoms with Gasteiger partial charge in [-0.2, -0.15) is 5.21 Å². The number of rotatable bonds is 5. The molecule has 1 rings (SSSR count). The van der Waals surface area contributed by atoms with Crippen molar-refractivity contribution in [3.63, 3.8) is 0 Å². The fraction of sp³-hybridized carbons (Fsp3) is 0.800. The van der Waals surface area contributed by atoms with E-state index >= 15 is 0 Å². The van der Waals surface area contributed by atoms with Gasteiger partial charge in [-0.1, -0.05) is 27.7 Å². The zero-order chi connectivity index (χ0) is 12.1. The van der Waals surface area contributed by atoms with Crippen molar-refractivity contribution in [3.8, 4) is 0 Å². The van der Waals surface area contributed by atoms with E-state index in [1.165, 1.54) is 0 Å². The van der Waals surface area contributed by atoms with E-state index in [-0.39, 0.29) is 11.7 Å². The number of H-pyrrole nitrogens is 1. The quantitative estimate of drug-likeness (QED) is 0.778. The van der Waals surface area contributed by atoms with Crippen LogP contribution in [0.25, 0.3) is 0 Å². The molecule has 0 aromatic carbocycles. The summed E-state index contributed by atoms with van der Waals surface area (Å²) in [6, 6.07) is 0. The van der Waals surface area contributed by atoms with Gasteiger partial charge in [0.25, 0.3) is 11.7 Å². The van der Waals surface area contributed by atoms with Crippen molar-refractivity contribution >= 4 is 5.91 Å². The minimum absolute atomic E-state index is 0.0891. The largest absolute Gasteiger partial charge is 0.349 e. The Morgan fingerprint density at radius 1 is 1.31 bits per heavy atom. The minimum Gasteiger partial charge on any atom is -0.349 e. The number of carbonyl (C=O) groups is 1. The maximum Gasteiger partial charge on any atom is 0.292 e. The first-order valence-electron chi connectivity index (χ1n) is 5.54. The van der Waals surface area contributed by atoms with Gasteiger partial charge < -0.3 is 5.32 Å². The Kier molecular flexibility index (Phi) is 4.39. The zero-order valence-electron chi connectivity index (χ0n) is 10.2. The van der Waals surface area contributed by atoms with Gasteiger partial charge in [-0.05, 0) is 23.0 Å². The van der Waals surface area contributed by atoms with Crippen molar-refractivity contribution < 1.29 is 4.79 Å². The first-order valence-corrected chi connectivity index (χ1v) is 5.54. The Hall–Kier alpha value is -1.46. The minimum atomic E-state index is -0.278. The van der Waals surface area contributed by atoms with Gasteiger partial charge in [0.15, 0.2) is 0 Å². The third-order valence-corrected chi connectivity index (χ3v) is 2.76. The molecule has 0 fully saturated rings. The van der Waals surface area contributed by atoms with Crippen LogP contribution >= 0.6 is 0 Å². The number of aromatic amines is 1. The Morgan fingerprint density at radius 2 is 1.94 bits per heavy atom. The van der Waals surface area contributed by atoms with Crippen molar-refractivity contribution in [1.82, 2.24) is 25.9 Å². The highest BCUT2D eigenvalue weighted by Crippen LogP contribution is 2.19. The molecule has 0 atom stereocenters. The van der Waals surface area contributed by atoms with Crippen LogP contribution in [-0.4, -0.2) is 33.1 Å². The number of nitrogens with one attached hydrogen (secondary N) is 2. The zero-order valence-corrected chi connectivity index (χ0v) is 10.2. The molecule has 0 bridgehead atoms. The molecule has 16 heavy (non-hydrogen) atoms. The van der Waals surface area contributed by atoms with Crippen LogP contribution in [-0.2, 0) is 0 Å². The van der Waals surface area contributed by atoms with E-state index in [1.807, 2.05) is 0 Å². The summed E-state index contributed by atoms with van der Waals surface area (Å²) < 4.78 is 0. The maximum atomic E-state index is 11.6. The molecule has 1 amide bonds. The molecule has 1 aromatic heterocycles. The smallest absolute Gasteiger partial charge is 0.292 e.